The zero-order valence-electron chi connectivity index (χ0n) is 7.50. The van der Waals surface area contributed by atoms with Gasteiger partial charge in [0, 0.05) is 12.5 Å². The molecule has 0 spiro atoms. The maximum atomic E-state index is 11.4. The van der Waals surface area contributed by atoms with Crippen LogP contribution in [0.5, 0.6) is 0 Å². The molecule has 0 radical (unpaired) electrons. The second-order valence-electron chi connectivity index (χ2n) is 3.67. The van der Waals surface area contributed by atoms with Gasteiger partial charge in [0.2, 0.25) is 0 Å². The lowest BCUT2D eigenvalue weighted by molar-refractivity contribution is -0.112. The van der Waals surface area contributed by atoms with Crippen molar-refractivity contribution in [2.24, 2.45) is 5.92 Å². The van der Waals surface area contributed by atoms with Crippen molar-refractivity contribution < 1.29 is 14.3 Å². The molecule has 1 fully saturated rings. The fraction of sp³-hybridized carbons (Fsp3) is 0.364. The number of fused-ring (bicyclic) bond motifs is 1. The highest BCUT2D eigenvalue weighted by Crippen LogP contribution is 2.46. The summed E-state index contributed by atoms with van der Waals surface area (Å²) in [5.74, 6) is 6.48. The minimum Gasteiger partial charge on any atom is -0.469 e. The van der Waals surface area contributed by atoms with Crippen LogP contribution in [-0.4, -0.2) is 18.2 Å². The van der Waals surface area contributed by atoms with Gasteiger partial charge in [0.05, 0.1) is 0 Å². The summed E-state index contributed by atoms with van der Waals surface area (Å²) >= 11 is 0. The van der Waals surface area contributed by atoms with E-state index in [1.807, 2.05) is 0 Å². The highest BCUT2D eigenvalue weighted by Gasteiger charge is 2.53. The molecule has 3 rings (SSSR count). The summed E-state index contributed by atoms with van der Waals surface area (Å²) in [5, 5.41) is 0. The molecular weight excluding hydrogens is 180 g/mol. The van der Waals surface area contributed by atoms with Crippen LogP contribution >= 0.6 is 0 Å². The Hall–Kier alpha value is -1.53. The lowest BCUT2D eigenvalue weighted by Crippen LogP contribution is -2.38. The molecule has 0 saturated carbocycles. The Labute approximate surface area is 81.4 Å². The van der Waals surface area contributed by atoms with Crippen molar-refractivity contribution in [3.8, 4) is 11.8 Å². The highest BCUT2D eigenvalue weighted by molar-refractivity contribution is 6.05. The molecule has 0 aromatic carbocycles. The fourth-order valence-electron chi connectivity index (χ4n) is 1.92. The van der Waals surface area contributed by atoms with Crippen LogP contribution in [0, 0.1) is 17.8 Å². The molecule has 0 N–H and O–H groups in total. The van der Waals surface area contributed by atoms with E-state index < -0.39 is 5.60 Å². The molecule has 3 nitrogen and oxygen atoms in total. The van der Waals surface area contributed by atoms with Crippen LogP contribution < -0.4 is 0 Å². The molecule has 3 aliphatic rings. The summed E-state index contributed by atoms with van der Waals surface area (Å²) in [6.07, 6.45) is 1.96. The van der Waals surface area contributed by atoms with Gasteiger partial charge in [-0.2, -0.15) is 0 Å². The Bertz CT molecular complexity index is 427. The van der Waals surface area contributed by atoms with E-state index in [1.54, 1.807) is 0 Å². The topological polar surface area (TPSA) is 35.5 Å². The molecule has 14 heavy (non-hydrogen) atoms. The third-order valence-electron chi connectivity index (χ3n) is 2.79. The number of rotatable bonds is 1. The first-order chi connectivity index (χ1) is 6.72. The summed E-state index contributed by atoms with van der Waals surface area (Å²) in [5.41, 5.74) is 0.0140. The van der Waals surface area contributed by atoms with E-state index in [9.17, 15) is 4.79 Å². The molecule has 3 heteroatoms. The smallest absolute Gasteiger partial charge is 0.190 e. The normalized spacial score (nSPS) is 34.1. The number of ketones is 1. The van der Waals surface area contributed by atoms with Crippen molar-refractivity contribution in [2.45, 2.75) is 12.0 Å². The second-order valence-corrected chi connectivity index (χ2v) is 3.67. The van der Waals surface area contributed by atoms with E-state index in [0.29, 0.717) is 17.8 Å². The van der Waals surface area contributed by atoms with E-state index in [2.05, 4.69) is 18.4 Å². The van der Waals surface area contributed by atoms with Crippen LogP contribution in [0.4, 0.5) is 0 Å². The fourth-order valence-corrected chi connectivity index (χ4v) is 1.92. The zero-order chi connectivity index (χ0) is 9.76. The minimum absolute atomic E-state index is 0.0288. The molecular formula is C11H8O3. The predicted molar refractivity (Wildman–Crippen MR) is 47.9 cm³/mol. The first-order valence-corrected chi connectivity index (χ1v) is 4.44. The summed E-state index contributed by atoms with van der Waals surface area (Å²) in [6.45, 7) is 3.93. The van der Waals surface area contributed by atoms with Gasteiger partial charge in [-0.15, -0.1) is 0 Å². The summed E-state index contributed by atoms with van der Waals surface area (Å²) in [6, 6.07) is 0. The molecule has 1 heterocycles. The first kappa shape index (κ1) is 7.84. The van der Waals surface area contributed by atoms with Crippen LogP contribution in [0.25, 0.3) is 0 Å². The predicted octanol–water partition coefficient (Wildman–Crippen LogP) is 0.776. The van der Waals surface area contributed by atoms with Gasteiger partial charge in [-0.1, -0.05) is 18.4 Å². The van der Waals surface area contributed by atoms with Crippen LogP contribution in [0.1, 0.15) is 6.42 Å². The molecule has 0 bridgehead atoms. The van der Waals surface area contributed by atoms with Gasteiger partial charge < -0.3 is 9.47 Å². The maximum Gasteiger partial charge on any atom is 0.190 e. The minimum atomic E-state index is -0.551. The van der Waals surface area contributed by atoms with Crippen molar-refractivity contribution in [3.05, 3.63) is 24.0 Å². The van der Waals surface area contributed by atoms with Gasteiger partial charge in [0.25, 0.3) is 0 Å². The lowest BCUT2D eigenvalue weighted by atomic mass is 9.81. The number of allylic oxidation sites excluding steroid dienone is 1. The summed E-state index contributed by atoms with van der Waals surface area (Å²) < 4.78 is 10.8. The lowest BCUT2D eigenvalue weighted by Gasteiger charge is -2.29. The van der Waals surface area contributed by atoms with Gasteiger partial charge in [-0.05, 0) is 5.57 Å². The molecule has 1 aliphatic heterocycles. The van der Waals surface area contributed by atoms with Crippen molar-refractivity contribution in [2.75, 3.05) is 6.79 Å². The second kappa shape index (κ2) is 2.28. The van der Waals surface area contributed by atoms with Crippen LogP contribution in [0.2, 0.25) is 0 Å². The van der Waals surface area contributed by atoms with Crippen LogP contribution in [-0.2, 0) is 14.3 Å². The Kier molecular flexibility index (Phi) is 1.28. The van der Waals surface area contributed by atoms with Gasteiger partial charge in [0.15, 0.2) is 18.2 Å². The van der Waals surface area contributed by atoms with Crippen molar-refractivity contribution in [3.63, 3.8) is 0 Å². The summed E-state index contributed by atoms with van der Waals surface area (Å²) in [4.78, 5) is 11.4. The van der Waals surface area contributed by atoms with Gasteiger partial charge in [-0.3, -0.25) is 4.79 Å². The van der Waals surface area contributed by atoms with Crippen LogP contribution in [0.15, 0.2) is 24.0 Å². The van der Waals surface area contributed by atoms with E-state index in [-0.39, 0.29) is 18.5 Å². The molecule has 0 aromatic rings. The van der Waals surface area contributed by atoms with Crippen LogP contribution in [0.3, 0.4) is 0 Å². The number of carbonyl (C=O) groups is 1. The number of hydrogen-bond acceptors (Lipinski definition) is 3. The van der Waals surface area contributed by atoms with Crippen molar-refractivity contribution >= 4 is 5.78 Å². The molecule has 0 unspecified atom stereocenters. The molecule has 1 saturated heterocycles. The number of hydrogen-bond donors (Lipinski definition) is 0. The molecule has 0 aromatic heterocycles. The van der Waals surface area contributed by atoms with Gasteiger partial charge >= 0.3 is 0 Å². The first-order valence-electron chi connectivity index (χ1n) is 4.44. The largest absolute Gasteiger partial charge is 0.469 e. The Morgan fingerprint density at radius 2 is 2.36 bits per heavy atom. The molecule has 0 amide bonds. The number of carbonyl (C=O) groups excluding carboxylic acids is 1. The quantitative estimate of drug-likeness (QED) is 0.450. The van der Waals surface area contributed by atoms with E-state index in [4.69, 9.17) is 9.47 Å². The van der Waals surface area contributed by atoms with E-state index >= 15 is 0 Å². The molecule has 1 atom stereocenters. The Balaban J connectivity index is 2.06. The zero-order valence-corrected chi connectivity index (χ0v) is 7.50. The number of ether oxygens (including phenoxy) is 2. The SMILES string of the molecule is C=C1C[C@@]2(C3C#C3)OCOC2=CC1=O. The van der Waals surface area contributed by atoms with Crippen molar-refractivity contribution in [1.29, 1.82) is 0 Å². The average molecular weight is 188 g/mol. The standard InChI is InChI=1S/C11H8O3/c1-7-5-11(8-2-3-8)10(4-9(7)12)13-6-14-11/h4,8H,1,5-6H2/t11-/m0/s1. The third kappa shape index (κ3) is 0.838. The van der Waals surface area contributed by atoms with Gasteiger partial charge in [-0.25, -0.2) is 0 Å². The maximum absolute atomic E-state index is 11.4. The Morgan fingerprint density at radius 1 is 1.57 bits per heavy atom. The van der Waals surface area contributed by atoms with E-state index in [0.717, 1.165) is 0 Å². The average Bonchev–Trinajstić information content (AvgIpc) is 2.92. The van der Waals surface area contributed by atoms with Gasteiger partial charge in [0.1, 0.15) is 11.7 Å². The third-order valence-corrected chi connectivity index (χ3v) is 2.79. The summed E-state index contributed by atoms with van der Waals surface area (Å²) in [7, 11) is 0. The Morgan fingerprint density at radius 3 is 3.07 bits per heavy atom. The van der Waals surface area contributed by atoms with E-state index in [1.165, 1.54) is 6.08 Å². The monoisotopic (exact) mass is 188 g/mol. The highest BCUT2D eigenvalue weighted by atomic mass is 16.7. The molecule has 2 aliphatic carbocycles. The van der Waals surface area contributed by atoms with Crippen molar-refractivity contribution in [1.82, 2.24) is 0 Å². The molecule has 70 valence electrons.